The first-order valence-electron chi connectivity index (χ1n) is 8.61. The molecular formula is C17H22BrN5O. The minimum absolute atomic E-state index is 0.0470. The van der Waals surface area contributed by atoms with Gasteiger partial charge in [0.1, 0.15) is 6.54 Å². The van der Waals surface area contributed by atoms with Crippen molar-refractivity contribution in [3.63, 3.8) is 0 Å². The van der Waals surface area contributed by atoms with Crippen LogP contribution in [-0.2, 0) is 29.7 Å². The van der Waals surface area contributed by atoms with Crippen molar-refractivity contribution in [1.82, 2.24) is 24.6 Å². The topological polar surface area (TPSA) is 64.7 Å². The number of hydrogen-bond acceptors (Lipinski definition) is 3. The van der Waals surface area contributed by atoms with Crippen LogP contribution in [0.15, 0.2) is 23.2 Å². The third-order valence-electron chi connectivity index (χ3n) is 5.38. The number of aromatic nitrogens is 4. The molecule has 1 N–H and O–H groups in total. The highest BCUT2D eigenvalue weighted by Crippen LogP contribution is 2.46. The number of fused-ring (bicyclic) bond motifs is 1. The SMILES string of the molecule is CC(NC(=O)Cn1cnc2c1CCCC2)C1(n2cc(Br)cn2)CC1. The van der Waals surface area contributed by atoms with E-state index in [4.69, 9.17) is 0 Å². The lowest BCUT2D eigenvalue weighted by atomic mass is 10.0. The van der Waals surface area contributed by atoms with Crippen LogP contribution in [0.1, 0.15) is 44.0 Å². The molecule has 0 aromatic carbocycles. The van der Waals surface area contributed by atoms with Crippen molar-refractivity contribution in [2.24, 2.45) is 0 Å². The summed E-state index contributed by atoms with van der Waals surface area (Å²) in [5.74, 6) is 0.0470. The van der Waals surface area contributed by atoms with E-state index in [1.165, 1.54) is 24.2 Å². The molecule has 1 atom stereocenters. The van der Waals surface area contributed by atoms with Gasteiger partial charge in [-0.1, -0.05) is 0 Å². The first kappa shape index (κ1) is 15.9. The molecule has 2 heterocycles. The molecule has 1 saturated carbocycles. The molecule has 0 aliphatic heterocycles. The van der Waals surface area contributed by atoms with Crippen LogP contribution in [0.5, 0.6) is 0 Å². The van der Waals surface area contributed by atoms with Crippen LogP contribution in [0.4, 0.5) is 0 Å². The van der Waals surface area contributed by atoms with E-state index < -0.39 is 0 Å². The molecule has 1 amide bonds. The van der Waals surface area contributed by atoms with Gasteiger partial charge in [0, 0.05) is 11.9 Å². The fourth-order valence-electron chi connectivity index (χ4n) is 3.78. The predicted molar refractivity (Wildman–Crippen MR) is 93.6 cm³/mol. The van der Waals surface area contributed by atoms with Crippen LogP contribution in [0.3, 0.4) is 0 Å². The summed E-state index contributed by atoms with van der Waals surface area (Å²) in [6, 6.07) is 0.0520. The molecule has 2 aromatic rings. The summed E-state index contributed by atoms with van der Waals surface area (Å²) in [4.78, 5) is 17.0. The van der Waals surface area contributed by atoms with Gasteiger partial charge in [0.25, 0.3) is 0 Å². The van der Waals surface area contributed by atoms with Crippen molar-refractivity contribution < 1.29 is 4.79 Å². The molecule has 2 aliphatic rings. The van der Waals surface area contributed by atoms with Gasteiger partial charge in [0.15, 0.2) is 0 Å². The van der Waals surface area contributed by atoms with Gasteiger partial charge in [-0.05, 0) is 61.4 Å². The highest BCUT2D eigenvalue weighted by Gasteiger charge is 2.50. The number of halogens is 1. The zero-order valence-corrected chi connectivity index (χ0v) is 15.4. The molecule has 0 spiro atoms. The van der Waals surface area contributed by atoms with Crippen LogP contribution in [-0.4, -0.2) is 31.3 Å². The average molecular weight is 392 g/mol. The van der Waals surface area contributed by atoms with E-state index in [9.17, 15) is 4.79 Å². The Bertz CT molecular complexity index is 761. The summed E-state index contributed by atoms with van der Waals surface area (Å²) in [6.45, 7) is 2.43. The molecule has 7 heteroatoms. The first-order chi connectivity index (χ1) is 11.6. The van der Waals surface area contributed by atoms with E-state index in [1.54, 1.807) is 6.20 Å². The zero-order chi connectivity index (χ0) is 16.7. The molecule has 0 saturated heterocycles. The maximum Gasteiger partial charge on any atom is 0.240 e. The Morgan fingerprint density at radius 2 is 2.21 bits per heavy atom. The van der Waals surface area contributed by atoms with Crippen LogP contribution in [0.2, 0.25) is 0 Å². The summed E-state index contributed by atoms with van der Waals surface area (Å²) in [7, 11) is 0. The standard InChI is InChI=1S/C17H22BrN5O/c1-12(17(6-7-17)23-9-13(18)8-20-23)21-16(24)10-22-11-19-14-4-2-3-5-15(14)22/h8-9,11-12H,2-7,10H2,1H3,(H,21,24). The Kier molecular flexibility index (Phi) is 3.98. The van der Waals surface area contributed by atoms with E-state index in [-0.39, 0.29) is 17.5 Å². The van der Waals surface area contributed by atoms with Gasteiger partial charge in [0.2, 0.25) is 5.91 Å². The Morgan fingerprint density at radius 1 is 1.42 bits per heavy atom. The molecule has 128 valence electrons. The van der Waals surface area contributed by atoms with E-state index in [2.05, 4.69) is 38.3 Å². The number of hydrogen-bond donors (Lipinski definition) is 1. The summed E-state index contributed by atoms with van der Waals surface area (Å²) in [5, 5.41) is 7.59. The molecule has 4 rings (SSSR count). The van der Waals surface area contributed by atoms with Gasteiger partial charge in [-0.15, -0.1) is 0 Å². The van der Waals surface area contributed by atoms with Gasteiger partial charge in [0.05, 0.1) is 34.3 Å². The number of amides is 1. The molecule has 1 unspecified atom stereocenters. The van der Waals surface area contributed by atoms with Crippen molar-refractivity contribution in [2.75, 3.05) is 0 Å². The molecule has 0 radical (unpaired) electrons. The van der Waals surface area contributed by atoms with E-state index in [0.717, 1.165) is 30.2 Å². The molecule has 24 heavy (non-hydrogen) atoms. The first-order valence-corrected chi connectivity index (χ1v) is 9.41. The Hall–Kier alpha value is -1.63. The third-order valence-corrected chi connectivity index (χ3v) is 5.79. The van der Waals surface area contributed by atoms with Crippen molar-refractivity contribution in [3.05, 3.63) is 34.6 Å². The van der Waals surface area contributed by atoms with Crippen molar-refractivity contribution in [1.29, 1.82) is 0 Å². The predicted octanol–water partition coefficient (Wildman–Crippen LogP) is 2.41. The highest BCUT2D eigenvalue weighted by atomic mass is 79.9. The maximum atomic E-state index is 12.5. The second-order valence-electron chi connectivity index (χ2n) is 6.97. The second-order valence-corrected chi connectivity index (χ2v) is 7.88. The van der Waals surface area contributed by atoms with Gasteiger partial charge in [-0.25, -0.2) is 4.98 Å². The van der Waals surface area contributed by atoms with Gasteiger partial charge in [-0.3, -0.25) is 9.48 Å². The van der Waals surface area contributed by atoms with Gasteiger partial charge >= 0.3 is 0 Å². The molecular weight excluding hydrogens is 370 g/mol. The number of nitrogens with zero attached hydrogens (tertiary/aromatic N) is 4. The smallest absolute Gasteiger partial charge is 0.240 e. The number of nitrogens with one attached hydrogen (secondary N) is 1. The minimum Gasteiger partial charge on any atom is -0.350 e. The summed E-state index contributed by atoms with van der Waals surface area (Å²) in [6.07, 6.45) is 12.2. The van der Waals surface area contributed by atoms with E-state index in [1.807, 2.05) is 21.8 Å². The van der Waals surface area contributed by atoms with Gasteiger partial charge < -0.3 is 9.88 Å². The Morgan fingerprint density at radius 3 is 2.92 bits per heavy atom. The van der Waals surface area contributed by atoms with Crippen molar-refractivity contribution >= 4 is 21.8 Å². The molecule has 1 fully saturated rings. The average Bonchev–Trinajstić information content (AvgIpc) is 3.12. The number of rotatable bonds is 5. The quantitative estimate of drug-likeness (QED) is 0.850. The Balaban J connectivity index is 1.42. The fraction of sp³-hybridized carbons (Fsp3) is 0.588. The number of carbonyl (C=O) groups is 1. The van der Waals surface area contributed by atoms with Crippen LogP contribution >= 0.6 is 15.9 Å². The molecule has 2 aromatic heterocycles. The van der Waals surface area contributed by atoms with E-state index >= 15 is 0 Å². The van der Waals surface area contributed by atoms with E-state index in [0.29, 0.717) is 6.54 Å². The van der Waals surface area contributed by atoms with Crippen LogP contribution in [0.25, 0.3) is 0 Å². The third kappa shape index (κ3) is 2.79. The fourth-order valence-corrected chi connectivity index (χ4v) is 4.06. The Labute approximate surface area is 149 Å². The van der Waals surface area contributed by atoms with Gasteiger partial charge in [-0.2, -0.15) is 5.10 Å². The summed E-state index contributed by atoms with van der Waals surface area (Å²) >= 11 is 3.45. The second kappa shape index (κ2) is 6.02. The van der Waals surface area contributed by atoms with Crippen LogP contribution in [0, 0.1) is 0 Å². The zero-order valence-electron chi connectivity index (χ0n) is 13.8. The number of carbonyl (C=O) groups excluding carboxylic acids is 1. The summed E-state index contributed by atoms with van der Waals surface area (Å²) < 4.78 is 4.97. The van der Waals surface area contributed by atoms with Crippen molar-refractivity contribution in [3.8, 4) is 0 Å². The lowest BCUT2D eigenvalue weighted by molar-refractivity contribution is -0.122. The molecule has 6 nitrogen and oxygen atoms in total. The number of imidazole rings is 1. The highest BCUT2D eigenvalue weighted by molar-refractivity contribution is 9.10. The monoisotopic (exact) mass is 391 g/mol. The largest absolute Gasteiger partial charge is 0.350 e. The molecule has 0 bridgehead atoms. The maximum absolute atomic E-state index is 12.5. The minimum atomic E-state index is -0.0734. The normalized spacial score (nSPS) is 19.6. The molecule has 2 aliphatic carbocycles. The van der Waals surface area contributed by atoms with Crippen molar-refractivity contribution in [2.45, 2.75) is 63.6 Å². The lowest BCUT2D eigenvalue weighted by Gasteiger charge is -2.25. The lowest BCUT2D eigenvalue weighted by Crippen LogP contribution is -2.45. The summed E-state index contributed by atoms with van der Waals surface area (Å²) in [5.41, 5.74) is 2.33. The number of aryl methyl sites for hydroxylation is 1. The van der Waals surface area contributed by atoms with Crippen LogP contribution < -0.4 is 5.32 Å².